The Morgan fingerprint density at radius 1 is 1.42 bits per heavy atom. The van der Waals surface area contributed by atoms with Gasteiger partial charge in [-0.15, -0.1) is 0 Å². The van der Waals surface area contributed by atoms with E-state index in [1.54, 1.807) is 6.92 Å². The molecule has 0 saturated carbocycles. The van der Waals surface area contributed by atoms with Gasteiger partial charge in [-0.25, -0.2) is 0 Å². The Kier molecular flexibility index (Phi) is 5.72. The minimum absolute atomic E-state index is 0.0337. The average Bonchev–Trinajstić information content (AvgIpc) is 2.35. The predicted molar refractivity (Wildman–Crippen MR) is 69.8 cm³/mol. The molecule has 1 aliphatic rings. The number of aliphatic carboxylic acids is 1. The highest BCUT2D eigenvalue weighted by atomic mass is 32.2. The Morgan fingerprint density at radius 2 is 1.95 bits per heavy atom. The third-order valence-corrected chi connectivity index (χ3v) is 5.53. The minimum Gasteiger partial charge on any atom is -0.481 e. The number of aliphatic hydroxyl groups excluding tert-OH is 1. The molecule has 112 valence electrons. The maximum atomic E-state index is 12.2. The van der Waals surface area contributed by atoms with Gasteiger partial charge in [-0.3, -0.25) is 4.79 Å². The van der Waals surface area contributed by atoms with Crippen molar-refractivity contribution in [2.45, 2.75) is 32.3 Å². The summed E-state index contributed by atoms with van der Waals surface area (Å²) < 4.78 is 26.8. The molecule has 0 aromatic carbocycles. The molecule has 1 saturated heterocycles. The normalized spacial score (nSPS) is 20.6. The van der Waals surface area contributed by atoms with Crippen LogP contribution in [0.1, 0.15) is 26.2 Å². The summed E-state index contributed by atoms with van der Waals surface area (Å²) in [5.41, 5.74) is 0. The molecule has 1 fully saturated rings. The number of aliphatic hydroxyl groups is 1. The lowest BCUT2D eigenvalue weighted by atomic mass is 9.93. The van der Waals surface area contributed by atoms with Crippen LogP contribution in [0, 0.1) is 5.92 Å². The first-order valence-electron chi connectivity index (χ1n) is 6.36. The van der Waals surface area contributed by atoms with E-state index in [0.717, 1.165) is 4.31 Å². The molecular formula is C11H22N2O5S. The van der Waals surface area contributed by atoms with E-state index in [-0.39, 0.29) is 18.9 Å². The van der Waals surface area contributed by atoms with Gasteiger partial charge in [-0.1, -0.05) is 0 Å². The quantitative estimate of drug-likeness (QED) is 0.703. The van der Waals surface area contributed by atoms with Gasteiger partial charge in [0.05, 0.1) is 12.5 Å². The van der Waals surface area contributed by atoms with Gasteiger partial charge in [-0.2, -0.15) is 17.0 Å². The van der Waals surface area contributed by atoms with E-state index in [4.69, 9.17) is 5.11 Å². The molecule has 0 aromatic heterocycles. The van der Waals surface area contributed by atoms with Crippen molar-refractivity contribution in [3.8, 4) is 0 Å². The molecule has 19 heavy (non-hydrogen) atoms. The van der Waals surface area contributed by atoms with Gasteiger partial charge in [0.15, 0.2) is 0 Å². The van der Waals surface area contributed by atoms with Gasteiger partial charge in [0.25, 0.3) is 10.2 Å². The second-order valence-corrected chi connectivity index (χ2v) is 6.99. The fourth-order valence-corrected chi connectivity index (χ4v) is 3.54. The Balaban J connectivity index is 2.57. The third kappa shape index (κ3) is 4.41. The van der Waals surface area contributed by atoms with Crippen LogP contribution in [-0.4, -0.2) is 66.0 Å². The fourth-order valence-electron chi connectivity index (χ4n) is 2.15. The highest BCUT2D eigenvalue weighted by Crippen LogP contribution is 2.23. The Morgan fingerprint density at radius 3 is 2.37 bits per heavy atom. The summed E-state index contributed by atoms with van der Waals surface area (Å²) in [4.78, 5) is 10.5. The molecule has 1 aliphatic heterocycles. The van der Waals surface area contributed by atoms with Crippen LogP contribution in [0.3, 0.4) is 0 Å². The van der Waals surface area contributed by atoms with E-state index in [1.165, 1.54) is 11.4 Å². The summed E-state index contributed by atoms with van der Waals surface area (Å²) in [5.74, 6) is -0.884. The molecule has 0 bridgehead atoms. The van der Waals surface area contributed by atoms with Crippen molar-refractivity contribution in [2.24, 2.45) is 5.92 Å². The summed E-state index contributed by atoms with van der Waals surface area (Å²) in [6.07, 6.45) is 0.627. The van der Waals surface area contributed by atoms with Crippen molar-refractivity contribution < 1.29 is 23.4 Å². The molecule has 2 N–H and O–H groups in total. The van der Waals surface area contributed by atoms with Crippen LogP contribution in [0.2, 0.25) is 0 Å². The summed E-state index contributed by atoms with van der Waals surface area (Å²) in [6.45, 7) is 2.42. The zero-order valence-electron chi connectivity index (χ0n) is 11.3. The second kappa shape index (κ2) is 6.65. The van der Waals surface area contributed by atoms with Crippen LogP contribution in [0.4, 0.5) is 0 Å². The summed E-state index contributed by atoms with van der Waals surface area (Å²) >= 11 is 0. The lowest BCUT2D eigenvalue weighted by Gasteiger charge is -2.34. The maximum absolute atomic E-state index is 12.2. The van der Waals surface area contributed by atoms with E-state index in [0.29, 0.717) is 25.9 Å². The number of carboxylic acids is 1. The van der Waals surface area contributed by atoms with Gasteiger partial charge in [0.1, 0.15) is 0 Å². The zero-order valence-corrected chi connectivity index (χ0v) is 12.1. The van der Waals surface area contributed by atoms with Crippen LogP contribution in [-0.2, 0) is 15.0 Å². The lowest BCUT2D eigenvalue weighted by molar-refractivity contribution is -0.137. The number of nitrogens with zero attached hydrogens (tertiary/aromatic N) is 2. The van der Waals surface area contributed by atoms with Crippen molar-refractivity contribution in [2.75, 3.05) is 26.7 Å². The molecule has 7 nitrogen and oxygen atoms in total. The lowest BCUT2D eigenvalue weighted by Crippen LogP contribution is -2.47. The van der Waals surface area contributed by atoms with Crippen molar-refractivity contribution >= 4 is 16.2 Å². The number of hydrogen-bond donors (Lipinski definition) is 2. The largest absolute Gasteiger partial charge is 0.481 e. The first-order valence-corrected chi connectivity index (χ1v) is 7.76. The maximum Gasteiger partial charge on any atom is 0.304 e. The van der Waals surface area contributed by atoms with Gasteiger partial charge in [-0.05, 0) is 25.7 Å². The summed E-state index contributed by atoms with van der Waals surface area (Å²) in [7, 11) is -2.20. The molecule has 1 heterocycles. The van der Waals surface area contributed by atoms with Crippen LogP contribution in [0.15, 0.2) is 0 Å². The highest BCUT2D eigenvalue weighted by molar-refractivity contribution is 7.86. The van der Waals surface area contributed by atoms with Crippen LogP contribution >= 0.6 is 0 Å². The third-order valence-electron chi connectivity index (χ3n) is 3.54. The topological polar surface area (TPSA) is 98.2 Å². The standard InChI is InChI=1S/C11H22N2O5S/c1-9(14)10-3-7-13(8-4-10)19(17,18)12(2)6-5-11(15)16/h9-10,14H,3-8H2,1-2H3,(H,15,16). The van der Waals surface area contributed by atoms with E-state index < -0.39 is 22.3 Å². The molecule has 0 aliphatic carbocycles. The molecule has 0 amide bonds. The van der Waals surface area contributed by atoms with E-state index in [2.05, 4.69) is 0 Å². The molecule has 0 spiro atoms. The van der Waals surface area contributed by atoms with Crippen LogP contribution in [0.5, 0.6) is 0 Å². The number of hydrogen-bond acceptors (Lipinski definition) is 4. The first kappa shape index (κ1) is 16.4. The number of rotatable bonds is 6. The number of carbonyl (C=O) groups is 1. The predicted octanol–water partition coefficient (Wildman–Crippen LogP) is -0.269. The zero-order chi connectivity index (χ0) is 14.6. The molecular weight excluding hydrogens is 272 g/mol. The second-order valence-electron chi connectivity index (χ2n) is 4.95. The first-order chi connectivity index (χ1) is 8.75. The van der Waals surface area contributed by atoms with Crippen molar-refractivity contribution in [1.82, 2.24) is 8.61 Å². The average molecular weight is 294 g/mol. The Labute approximate surface area is 114 Å². The number of carboxylic acid groups (broad SMARTS) is 1. The number of piperidine rings is 1. The van der Waals surface area contributed by atoms with Crippen molar-refractivity contribution in [3.63, 3.8) is 0 Å². The van der Waals surface area contributed by atoms with E-state index in [1.807, 2.05) is 0 Å². The molecule has 0 radical (unpaired) electrons. The molecule has 1 rings (SSSR count). The van der Waals surface area contributed by atoms with Gasteiger partial charge < -0.3 is 10.2 Å². The van der Waals surface area contributed by atoms with E-state index >= 15 is 0 Å². The fraction of sp³-hybridized carbons (Fsp3) is 0.909. The Bertz CT molecular complexity index is 401. The van der Waals surface area contributed by atoms with Gasteiger partial charge >= 0.3 is 5.97 Å². The SMILES string of the molecule is CC(O)C1CCN(S(=O)(=O)N(C)CCC(=O)O)CC1. The van der Waals surface area contributed by atoms with Gasteiger partial charge in [0.2, 0.25) is 0 Å². The van der Waals surface area contributed by atoms with Crippen LogP contribution in [0.25, 0.3) is 0 Å². The van der Waals surface area contributed by atoms with Crippen LogP contribution < -0.4 is 0 Å². The molecule has 8 heteroatoms. The Hall–Kier alpha value is -0.700. The highest BCUT2D eigenvalue weighted by Gasteiger charge is 2.32. The molecule has 1 atom stereocenters. The molecule has 0 aromatic rings. The minimum atomic E-state index is -3.59. The van der Waals surface area contributed by atoms with E-state index in [9.17, 15) is 18.3 Å². The van der Waals surface area contributed by atoms with Crippen molar-refractivity contribution in [1.29, 1.82) is 0 Å². The molecule has 1 unspecified atom stereocenters. The summed E-state index contributed by atoms with van der Waals surface area (Å²) in [5, 5.41) is 18.0. The monoisotopic (exact) mass is 294 g/mol. The van der Waals surface area contributed by atoms with Gasteiger partial charge in [0, 0.05) is 26.7 Å². The smallest absolute Gasteiger partial charge is 0.304 e. The van der Waals surface area contributed by atoms with Crippen molar-refractivity contribution in [3.05, 3.63) is 0 Å². The summed E-state index contributed by atoms with van der Waals surface area (Å²) in [6, 6.07) is 0.